The molecule has 2 rings (SSSR count). The van der Waals surface area contributed by atoms with Crippen molar-refractivity contribution in [2.75, 3.05) is 11.5 Å². The molecule has 0 aromatic heterocycles. The van der Waals surface area contributed by atoms with Crippen LogP contribution in [0.2, 0.25) is 0 Å². The van der Waals surface area contributed by atoms with E-state index in [0.29, 0.717) is 5.92 Å². The highest BCUT2D eigenvalue weighted by Crippen LogP contribution is 2.45. The molecule has 3 heteroatoms. The fourth-order valence-electron chi connectivity index (χ4n) is 2.52. The molecule has 0 aromatic rings. The normalized spacial score (nSPS) is 26.9. The summed E-state index contributed by atoms with van der Waals surface area (Å²) in [6, 6.07) is 0. The van der Waals surface area contributed by atoms with Crippen LogP contribution in [0.3, 0.4) is 0 Å². The van der Waals surface area contributed by atoms with Crippen LogP contribution in [0.4, 0.5) is 0 Å². The second kappa shape index (κ2) is 4.13. The molecule has 0 aromatic carbocycles. The molecule has 0 radical (unpaired) electrons. The molecule has 1 saturated heterocycles. The molecule has 0 bridgehead atoms. The second-order valence-corrected chi connectivity index (χ2v) is 5.92. The first kappa shape index (κ1) is 10.3. The van der Waals surface area contributed by atoms with Crippen molar-refractivity contribution in [1.82, 2.24) is 0 Å². The molecular formula is C11H18O2S. The van der Waals surface area contributed by atoms with Crippen LogP contribution in [-0.2, 0) is 4.79 Å². The van der Waals surface area contributed by atoms with Gasteiger partial charge in [-0.15, -0.1) is 0 Å². The predicted octanol–water partition coefficient (Wildman–Crippen LogP) is 2.77. The highest BCUT2D eigenvalue weighted by Gasteiger charge is 2.42. The Kier molecular flexibility index (Phi) is 3.05. The molecule has 2 fully saturated rings. The number of hydrogen-bond donors (Lipinski definition) is 1. The van der Waals surface area contributed by atoms with Gasteiger partial charge in [0.1, 0.15) is 0 Å². The number of hydrogen-bond acceptors (Lipinski definition) is 2. The average Bonchev–Trinajstić information content (AvgIpc) is 2.13. The van der Waals surface area contributed by atoms with Crippen molar-refractivity contribution < 1.29 is 9.90 Å². The molecule has 1 heterocycles. The van der Waals surface area contributed by atoms with Crippen LogP contribution in [0.25, 0.3) is 0 Å². The lowest BCUT2D eigenvalue weighted by Gasteiger charge is -2.38. The van der Waals surface area contributed by atoms with Crippen molar-refractivity contribution in [1.29, 1.82) is 0 Å². The standard InChI is InChI=1S/C11H18O2S/c12-10(13)11(4-6-14-7-5-11)8-9-2-1-3-9/h9H,1-8H2,(H,12,13). The number of carbonyl (C=O) groups is 1. The van der Waals surface area contributed by atoms with Gasteiger partial charge in [0.05, 0.1) is 5.41 Å². The molecular weight excluding hydrogens is 196 g/mol. The first-order valence-electron chi connectivity index (χ1n) is 5.54. The minimum absolute atomic E-state index is 0.351. The van der Waals surface area contributed by atoms with Gasteiger partial charge >= 0.3 is 5.97 Å². The fraction of sp³-hybridized carbons (Fsp3) is 0.909. The van der Waals surface area contributed by atoms with Crippen LogP contribution in [-0.4, -0.2) is 22.6 Å². The van der Waals surface area contributed by atoms with Crippen LogP contribution >= 0.6 is 11.8 Å². The maximum absolute atomic E-state index is 11.3. The first-order valence-corrected chi connectivity index (χ1v) is 6.70. The Hall–Kier alpha value is -0.180. The molecule has 1 aliphatic heterocycles. The van der Waals surface area contributed by atoms with E-state index in [1.54, 1.807) is 0 Å². The van der Waals surface area contributed by atoms with Crippen molar-refractivity contribution >= 4 is 17.7 Å². The summed E-state index contributed by atoms with van der Waals surface area (Å²) in [4.78, 5) is 11.3. The van der Waals surface area contributed by atoms with E-state index in [2.05, 4.69) is 0 Å². The van der Waals surface area contributed by atoms with Crippen LogP contribution in [0.5, 0.6) is 0 Å². The Labute approximate surface area is 89.5 Å². The number of carboxylic acids is 1. The van der Waals surface area contributed by atoms with E-state index in [-0.39, 0.29) is 5.41 Å². The number of rotatable bonds is 3. The molecule has 0 atom stereocenters. The van der Waals surface area contributed by atoms with Crippen LogP contribution < -0.4 is 0 Å². The van der Waals surface area contributed by atoms with Gasteiger partial charge in [-0.1, -0.05) is 19.3 Å². The minimum atomic E-state index is -0.537. The molecule has 0 unspecified atom stereocenters. The van der Waals surface area contributed by atoms with Gasteiger partial charge < -0.3 is 5.11 Å². The summed E-state index contributed by atoms with van der Waals surface area (Å²) >= 11 is 1.90. The monoisotopic (exact) mass is 214 g/mol. The molecule has 2 nitrogen and oxygen atoms in total. The quantitative estimate of drug-likeness (QED) is 0.785. The van der Waals surface area contributed by atoms with Gasteiger partial charge in [-0.2, -0.15) is 11.8 Å². The third-order valence-electron chi connectivity index (χ3n) is 3.81. The lowest BCUT2D eigenvalue weighted by Crippen LogP contribution is -2.38. The Morgan fingerprint density at radius 2 is 2.00 bits per heavy atom. The second-order valence-electron chi connectivity index (χ2n) is 4.70. The lowest BCUT2D eigenvalue weighted by molar-refractivity contribution is -0.151. The summed E-state index contributed by atoms with van der Waals surface area (Å²) in [6.45, 7) is 0. The summed E-state index contributed by atoms with van der Waals surface area (Å²) in [5.74, 6) is 2.26. The van der Waals surface area contributed by atoms with Crippen LogP contribution in [0, 0.1) is 11.3 Å². The SMILES string of the molecule is O=C(O)C1(CC2CCC2)CCSCC1. The van der Waals surface area contributed by atoms with Gasteiger partial charge in [-0.25, -0.2) is 0 Å². The zero-order valence-corrected chi connectivity index (χ0v) is 9.31. The number of carboxylic acid groups (broad SMARTS) is 1. The maximum Gasteiger partial charge on any atom is 0.309 e. The van der Waals surface area contributed by atoms with Crippen molar-refractivity contribution in [2.24, 2.45) is 11.3 Å². The Balaban J connectivity index is 2.00. The molecule has 80 valence electrons. The largest absolute Gasteiger partial charge is 0.481 e. The van der Waals surface area contributed by atoms with Gasteiger partial charge in [0.2, 0.25) is 0 Å². The molecule has 0 spiro atoms. The van der Waals surface area contributed by atoms with E-state index in [0.717, 1.165) is 30.8 Å². The molecule has 2 aliphatic rings. The van der Waals surface area contributed by atoms with Crippen molar-refractivity contribution in [2.45, 2.75) is 38.5 Å². The van der Waals surface area contributed by atoms with Gasteiger partial charge in [-0.3, -0.25) is 4.79 Å². The van der Waals surface area contributed by atoms with Gasteiger partial charge in [0.25, 0.3) is 0 Å². The fourth-order valence-corrected chi connectivity index (χ4v) is 3.79. The predicted molar refractivity (Wildman–Crippen MR) is 58.6 cm³/mol. The molecule has 1 saturated carbocycles. The third-order valence-corrected chi connectivity index (χ3v) is 4.79. The summed E-state index contributed by atoms with van der Waals surface area (Å²) in [5.41, 5.74) is -0.351. The van der Waals surface area contributed by atoms with E-state index < -0.39 is 5.97 Å². The summed E-state index contributed by atoms with van der Waals surface area (Å²) in [5, 5.41) is 9.35. The van der Waals surface area contributed by atoms with Gasteiger partial charge in [-0.05, 0) is 36.7 Å². The lowest BCUT2D eigenvalue weighted by atomic mass is 9.69. The van der Waals surface area contributed by atoms with E-state index in [1.165, 1.54) is 19.3 Å². The zero-order chi connectivity index (χ0) is 10.0. The molecule has 1 aliphatic carbocycles. The van der Waals surface area contributed by atoms with Crippen LogP contribution in [0.1, 0.15) is 38.5 Å². The summed E-state index contributed by atoms with van der Waals surface area (Å²) < 4.78 is 0. The van der Waals surface area contributed by atoms with Crippen molar-refractivity contribution in [3.8, 4) is 0 Å². The average molecular weight is 214 g/mol. The van der Waals surface area contributed by atoms with E-state index >= 15 is 0 Å². The van der Waals surface area contributed by atoms with Gasteiger partial charge in [0.15, 0.2) is 0 Å². The number of aliphatic carboxylic acids is 1. The van der Waals surface area contributed by atoms with Crippen molar-refractivity contribution in [3.63, 3.8) is 0 Å². The minimum Gasteiger partial charge on any atom is -0.481 e. The van der Waals surface area contributed by atoms with Crippen molar-refractivity contribution in [3.05, 3.63) is 0 Å². The summed E-state index contributed by atoms with van der Waals surface area (Å²) in [6.07, 6.45) is 6.58. The highest BCUT2D eigenvalue weighted by atomic mass is 32.2. The van der Waals surface area contributed by atoms with E-state index in [1.807, 2.05) is 11.8 Å². The summed E-state index contributed by atoms with van der Waals surface area (Å²) in [7, 11) is 0. The number of thioether (sulfide) groups is 1. The smallest absolute Gasteiger partial charge is 0.309 e. The van der Waals surface area contributed by atoms with E-state index in [4.69, 9.17) is 0 Å². The Morgan fingerprint density at radius 1 is 1.36 bits per heavy atom. The Bertz CT molecular complexity index is 217. The third kappa shape index (κ3) is 1.92. The highest BCUT2D eigenvalue weighted by molar-refractivity contribution is 7.99. The topological polar surface area (TPSA) is 37.3 Å². The van der Waals surface area contributed by atoms with E-state index in [9.17, 15) is 9.90 Å². The molecule has 0 amide bonds. The maximum atomic E-state index is 11.3. The van der Waals surface area contributed by atoms with Gasteiger partial charge in [0, 0.05) is 0 Å². The molecule has 14 heavy (non-hydrogen) atoms. The van der Waals surface area contributed by atoms with Crippen LogP contribution in [0.15, 0.2) is 0 Å². The Morgan fingerprint density at radius 3 is 2.43 bits per heavy atom. The first-order chi connectivity index (χ1) is 6.73. The zero-order valence-electron chi connectivity index (χ0n) is 8.50. The molecule has 1 N–H and O–H groups in total.